The molecule has 0 radical (unpaired) electrons. The van der Waals surface area contributed by atoms with Gasteiger partial charge in [0.2, 0.25) is 0 Å². The monoisotopic (exact) mass is 482 g/mol. The van der Waals surface area contributed by atoms with Gasteiger partial charge >= 0.3 is 5.97 Å². The first kappa shape index (κ1) is 24.2. The molecule has 4 rings (SSSR count). The maximum absolute atomic E-state index is 13.8. The van der Waals surface area contributed by atoms with E-state index in [-0.39, 0.29) is 24.2 Å². The van der Waals surface area contributed by atoms with E-state index in [2.05, 4.69) is 4.98 Å². The number of halogens is 1. The van der Waals surface area contributed by atoms with Crippen LogP contribution in [-0.2, 0) is 17.5 Å². The number of carbonyl (C=O) groups is 1. The minimum atomic E-state index is -1.38. The van der Waals surface area contributed by atoms with E-state index < -0.39 is 21.7 Å². The zero-order chi connectivity index (χ0) is 24.6. The number of aliphatic hydroxyl groups excluding tert-OH is 1. The summed E-state index contributed by atoms with van der Waals surface area (Å²) in [5.74, 6) is -1.50. The fourth-order valence-corrected chi connectivity index (χ4v) is 5.71. The average molecular weight is 483 g/mol. The van der Waals surface area contributed by atoms with Gasteiger partial charge in [-0.15, -0.1) is 0 Å². The molecule has 178 valence electrons. The van der Waals surface area contributed by atoms with E-state index in [0.29, 0.717) is 29.8 Å². The Morgan fingerprint density at radius 1 is 1.12 bits per heavy atom. The molecule has 0 unspecified atom stereocenters. The van der Waals surface area contributed by atoms with Crippen LogP contribution >= 0.6 is 0 Å². The van der Waals surface area contributed by atoms with Crippen molar-refractivity contribution in [3.8, 4) is 22.4 Å². The van der Waals surface area contributed by atoms with Crippen LogP contribution in [0, 0.1) is 5.82 Å². The number of aliphatic hydroxyl groups is 1. The van der Waals surface area contributed by atoms with Gasteiger partial charge in [0, 0.05) is 24.3 Å². The van der Waals surface area contributed by atoms with Gasteiger partial charge in [-0.1, -0.05) is 30.3 Å². The molecule has 0 bridgehead atoms. The Bertz CT molecular complexity index is 1270. The molecule has 8 heteroatoms. The minimum Gasteiger partial charge on any atom is -0.477 e. The highest BCUT2D eigenvalue weighted by molar-refractivity contribution is 7.84. The number of hydrogen-bond donors (Lipinski definition) is 2. The normalized spacial score (nSPS) is 16.9. The predicted octanol–water partition coefficient (Wildman–Crippen LogP) is 4.95. The first-order valence-electron chi connectivity index (χ1n) is 11.0. The Labute approximate surface area is 200 Å². The number of pyridine rings is 1. The molecule has 2 N–H and O–H groups in total. The number of aromatic nitrogens is 1. The number of carboxylic acids is 1. The number of fused-ring (bicyclic) bond motifs is 1. The summed E-state index contributed by atoms with van der Waals surface area (Å²) in [7, 11) is -1.38. The van der Waals surface area contributed by atoms with Gasteiger partial charge in [0.25, 0.3) is 0 Å². The molecule has 0 amide bonds. The Morgan fingerprint density at radius 3 is 2.38 bits per heavy atom. The lowest BCUT2D eigenvalue weighted by Crippen LogP contribution is -2.36. The number of nitrogens with zero attached hydrogens (tertiary/aromatic N) is 2. The molecular weight excluding hydrogens is 455 g/mol. The molecular formula is C26H27FN2O4S. The molecule has 2 atom stereocenters. The third-order valence-corrected chi connectivity index (χ3v) is 7.66. The van der Waals surface area contributed by atoms with E-state index in [9.17, 15) is 23.6 Å². The van der Waals surface area contributed by atoms with Crippen molar-refractivity contribution in [3.05, 3.63) is 77.2 Å². The number of rotatable bonds is 6. The van der Waals surface area contributed by atoms with E-state index in [4.69, 9.17) is 0 Å². The largest absolute Gasteiger partial charge is 0.477 e. The van der Waals surface area contributed by atoms with Crippen LogP contribution in [0.3, 0.4) is 0 Å². The SMILES string of the molecule is CC(C)(C)[S@](=O)N1Cc2cc(C(=O)O)nc(-c3cccc(-c4cccc(F)c4)c3)c2[C@@H]1CCO. The maximum atomic E-state index is 13.8. The quantitative estimate of drug-likeness (QED) is 0.519. The molecule has 1 aliphatic heterocycles. The van der Waals surface area contributed by atoms with Crippen molar-refractivity contribution in [2.24, 2.45) is 0 Å². The van der Waals surface area contributed by atoms with Gasteiger partial charge in [0.1, 0.15) is 22.5 Å². The smallest absolute Gasteiger partial charge is 0.354 e. The van der Waals surface area contributed by atoms with Crippen molar-refractivity contribution in [2.45, 2.75) is 44.5 Å². The second-order valence-electron chi connectivity index (χ2n) is 9.29. The molecule has 6 nitrogen and oxygen atoms in total. The fraction of sp³-hybridized carbons (Fsp3) is 0.308. The summed E-state index contributed by atoms with van der Waals surface area (Å²) in [5, 5.41) is 19.5. The van der Waals surface area contributed by atoms with Crippen molar-refractivity contribution < 1.29 is 23.6 Å². The zero-order valence-corrected chi connectivity index (χ0v) is 20.1. The van der Waals surface area contributed by atoms with Crippen molar-refractivity contribution in [1.82, 2.24) is 9.29 Å². The molecule has 34 heavy (non-hydrogen) atoms. The molecule has 2 heterocycles. The molecule has 3 aromatic rings. The molecule has 1 aromatic heterocycles. The average Bonchev–Trinajstić information content (AvgIpc) is 3.16. The molecule has 0 saturated heterocycles. The number of carboxylic acid groups (broad SMARTS) is 1. The Morgan fingerprint density at radius 2 is 1.76 bits per heavy atom. The topological polar surface area (TPSA) is 90.7 Å². The highest BCUT2D eigenvalue weighted by Gasteiger charge is 2.40. The summed E-state index contributed by atoms with van der Waals surface area (Å²) in [6.45, 7) is 5.82. The van der Waals surface area contributed by atoms with Crippen LogP contribution in [0.15, 0.2) is 54.6 Å². The molecule has 1 aliphatic rings. The Hall–Kier alpha value is -2.94. The number of benzene rings is 2. The van der Waals surface area contributed by atoms with Gasteiger partial charge in [-0.2, -0.15) is 0 Å². The third kappa shape index (κ3) is 4.66. The highest BCUT2D eigenvalue weighted by atomic mass is 32.2. The van der Waals surface area contributed by atoms with E-state index >= 15 is 0 Å². The van der Waals surface area contributed by atoms with Crippen molar-refractivity contribution in [3.63, 3.8) is 0 Å². The molecule has 2 aromatic carbocycles. The van der Waals surface area contributed by atoms with Crippen molar-refractivity contribution >= 4 is 17.0 Å². The summed E-state index contributed by atoms with van der Waals surface area (Å²) < 4.78 is 28.4. The zero-order valence-electron chi connectivity index (χ0n) is 19.3. The lowest BCUT2D eigenvalue weighted by molar-refractivity contribution is 0.0690. The maximum Gasteiger partial charge on any atom is 0.354 e. The third-order valence-electron chi connectivity index (χ3n) is 5.80. The minimum absolute atomic E-state index is 0.101. The second-order valence-corrected chi connectivity index (χ2v) is 11.5. The molecule has 0 fully saturated rings. The van der Waals surface area contributed by atoms with Gasteiger partial charge < -0.3 is 10.2 Å². The summed E-state index contributed by atoms with van der Waals surface area (Å²) in [6, 6.07) is 14.7. The van der Waals surface area contributed by atoms with E-state index in [1.807, 2.05) is 49.3 Å². The summed E-state index contributed by atoms with van der Waals surface area (Å²) >= 11 is 0. The van der Waals surface area contributed by atoms with Crippen LogP contribution in [0.1, 0.15) is 54.8 Å². The van der Waals surface area contributed by atoms with Crippen LogP contribution < -0.4 is 0 Å². The van der Waals surface area contributed by atoms with E-state index in [1.54, 1.807) is 12.1 Å². The lowest BCUT2D eigenvalue weighted by atomic mass is 9.94. The molecule has 0 saturated carbocycles. The fourth-order valence-electron chi connectivity index (χ4n) is 4.31. The van der Waals surface area contributed by atoms with Crippen LogP contribution in [0.2, 0.25) is 0 Å². The standard InChI is InChI=1S/C26H27FN2O4S/c1-26(2,3)34(33)29-15-19-14-21(25(31)32)28-24(23(19)22(29)10-11-30)18-8-4-6-16(12-18)17-7-5-9-20(27)13-17/h4-9,12-14,22,30H,10-11,15H2,1-3H3,(H,31,32)/t22-,34-/m0/s1. The van der Waals surface area contributed by atoms with Crippen molar-refractivity contribution in [1.29, 1.82) is 0 Å². The number of hydrogen-bond acceptors (Lipinski definition) is 4. The first-order valence-corrected chi connectivity index (χ1v) is 12.1. The van der Waals surface area contributed by atoms with E-state index in [0.717, 1.165) is 16.7 Å². The molecule has 0 aliphatic carbocycles. The van der Waals surface area contributed by atoms with Gasteiger partial charge in [0.15, 0.2) is 0 Å². The summed E-state index contributed by atoms with van der Waals surface area (Å²) in [5.41, 5.74) is 4.00. The second kappa shape index (κ2) is 9.37. The predicted molar refractivity (Wildman–Crippen MR) is 130 cm³/mol. The van der Waals surface area contributed by atoms with Crippen LogP contribution in [0.4, 0.5) is 4.39 Å². The van der Waals surface area contributed by atoms with Crippen LogP contribution in [0.25, 0.3) is 22.4 Å². The van der Waals surface area contributed by atoms with Gasteiger partial charge in [-0.05, 0) is 68.1 Å². The lowest BCUT2D eigenvalue weighted by Gasteiger charge is -2.30. The van der Waals surface area contributed by atoms with Gasteiger partial charge in [-0.25, -0.2) is 22.7 Å². The number of aromatic carboxylic acids is 1. The van der Waals surface area contributed by atoms with Crippen LogP contribution in [0.5, 0.6) is 0 Å². The first-order chi connectivity index (χ1) is 16.1. The summed E-state index contributed by atoms with van der Waals surface area (Å²) in [4.78, 5) is 16.3. The van der Waals surface area contributed by atoms with Crippen molar-refractivity contribution in [2.75, 3.05) is 6.61 Å². The van der Waals surface area contributed by atoms with Gasteiger partial charge in [-0.3, -0.25) is 0 Å². The highest BCUT2D eigenvalue weighted by Crippen LogP contribution is 2.44. The van der Waals surface area contributed by atoms with E-state index in [1.165, 1.54) is 18.2 Å². The summed E-state index contributed by atoms with van der Waals surface area (Å²) in [6.07, 6.45) is 0.333. The van der Waals surface area contributed by atoms with Gasteiger partial charge in [0.05, 0.1) is 16.5 Å². The Balaban J connectivity index is 1.90. The Kier molecular flexibility index (Phi) is 6.66. The molecule has 0 spiro atoms. The van der Waals surface area contributed by atoms with Crippen LogP contribution in [-0.4, -0.2) is 41.0 Å².